The number of amides is 1. The monoisotopic (exact) mass is 398 g/mol. The Hall–Kier alpha value is -1.63. The number of halogens is 2. The topological polar surface area (TPSA) is 94.0 Å². The number of aromatic nitrogens is 2. The molecule has 3 rings (SSSR count). The summed E-state index contributed by atoms with van der Waals surface area (Å²) in [7, 11) is 0. The van der Waals surface area contributed by atoms with Crippen LogP contribution in [-0.2, 0) is 11.2 Å². The highest BCUT2D eigenvalue weighted by Gasteiger charge is 2.19. The van der Waals surface area contributed by atoms with Gasteiger partial charge in [0, 0.05) is 35.5 Å². The molecule has 2 aromatic rings. The number of carbonyl (C=O) groups is 1. The molecule has 1 aromatic carbocycles. The lowest BCUT2D eigenvalue weighted by Crippen LogP contribution is -2.40. The fraction of sp³-hybridized carbons (Fsp3) is 0.500. The van der Waals surface area contributed by atoms with Gasteiger partial charge in [-0.25, -0.2) is 0 Å². The second kappa shape index (κ2) is 9.90. The maximum absolute atomic E-state index is 12.0. The van der Waals surface area contributed by atoms with Gasteiger partial charge in [0.1, 0.15) is 0 Å². The average Bonchev–Trinajstić information content (AvgIpc) is 3.06. The van der Waals surface area contributed by atoms with Crippen molar-refractivity contribution < 1.29 is 9.32 Å². The fourth-order valence-corrected chi connectivity index (χ4v) is 3.16. The molecule has 1 saturated carbocycles. The minimum absolute atomic E-state index is 0. The molecule has 0 spiro atoms. The van der Waals surface area contributed by atoms with E-state index in [1.54, 1.807) is 12.1 Å². The van der Waals surface area contributed by atoms with Crippen LogP contribution in [0.25, 0.3) is 11.4 Å². The van der Waals surface area contributed by atoms with Gasteiger partial charge >= 0.3 is 0 Å². The molecule has 1 aliphatic rings. The molecule has 6 nitrogen and oxygen atoms in total. The first-order valence-electron chi connectivity index (χ1n) is 8.73. The van der Waals surface area contributed by atoms with Crippen molar-refractivity contribution in [2.75, 3.05) is 0 Å². The Morgan fingerprint density at radius 2 is 1.92 bits per heavy atom. The Kier molecular flexibility index (Phi) is 7.87. The molecule has 8 heteroatoms. The molecular weight excluding hydrogens is 375 g/mol. The lowest BCUT2D eigenvalue weighted by Gasteiger charge is -2.26. The quantitative estimate of drug-likeness (QED) is 0.775. The standard InChI is InChI=1S/C18H23ClN4O2.ClH/c19-13-6-4-12(5-7-13)18-22-17(25-23-18)3-1-2-16(24)21-15-10-8-14(20)9-11-15;/h4-7,14-15H,1-3,8-11,20H2,(H,21,24);1H. The third kappa shape index (κ3) is 5.97. The van der Waals surface area contributed by atoms with Crippen LogP contribution >= 0.6 is 24.0 Å². The van der Waals surface area contributed by atoms with Gasteiger partial charge in [0.2, 0.25) is 17.6 Å². The van der Waals surface area contributed by atoms with E-state index >= 15 is 0 Å². The number of hydrogen-bond donors (Lipinski definition) is 2. The van der Waals surface area contributed by atoms with E-state index in [4.69, 9.17) is 21.9 Å². The SMILES string of the molecule is Cl.NC1CCC(NC(=O)CCCc2nc(-c3ccc(Cl)cc3)no2)CC1. The zero-order valence-corrected chi connectivity index (χ0v) is 16.1. The summed E-state index contributed by atoms with van der Waals surface area (Å²) in [6, 6.07) is 7.83. The predicted molar refractivity (Wildman–Crippen MR) is 103 cm³/mol. The van der Waals surface area contributed by atoms with Gasteiger partial charge in [-0.3, -0.25) is 4.79 Å². The van der Waals surface area contributed by atoms with Crippen molar-refractivity contribution in [1.82, 2.24) is 15.5 Å². The van der Waals surface area contributed by atoms with Crippen molar-refractivity contribution in [3.8, 4) is 11.4 Å². The van der Waals surface area contributed by atoms with Gasteiger partial charge in [-0.2, -0.15) is 4.98 Å². The van der Waals surface area contributed by atoms with Crippen molar-refractivity contribution in [1.29, 1.82) is 0 Å². The maximum atomic E-state index is 12.0. The highest BCUT2D eigenvalue weighted by molar-refractivity contribution is 6.30. The van der Waals surface area contributed by atoms with Crippen LogP contribution in [0, 0.1) is 0 Å². The normalized spacial score (nSPS) is 19.6. The lowest BCUT2D eigenvalue weighted by atomic mass is 9.92. The van der Waals surface area contributed by atoms with Crippen molar-refractivity contribution >= 4 is 29.9 Å². The molecule has 0 aliphatic heterocycles. The highest BCUT2D eigenvalue weighted by Crippen LogP contribution is 2.19. The number of aryl methyl sites for hydroxylation is 1. The smallest absolute Gasteiger partial charge is 0.226 e. The van der Waals surface area contributed by atoms with E-state index in [2.05, 4.69) is 15.5 Å². The predicted octanol–water partition coefficient (Wildman–Crippen LogP) is 3.52. The number of nitrogens with zero attached hydrogens (tertiary/aromatic N) is 2. The van der Waals surface area contributed by atoms with Crippen molar-refractivity contribution in [2.45, 2.75) is 57.0 Å². The van der Waals surface area contributed by atoms with E-state index in [9.17, 15) is 4.79 Å². The molecule has 3 N–H and O–H groups in total. The average molecular weight is 399 g/mol. The first-order valence-corrected chi connectivity index (χ1v) is 9.11. The van der Waals surface area contributed by atoms with E-state index in [-0.39, 0.29) is 24.4 Å². The van der Waals surface area contributed by atoms with E-state index in [1.807, 2.05) is 12.1 Å². The van der Waals surface area contributed by atoms with Crippen LogP contribution in [0.15, 0.2) is 28.8 Å². The molecule has 1 heterocycles. The van der Waals surface area contributed by atoms with Gasteiger partial charge in [0.15, 0.2) is 0 Å². The van der Waals surface area contributed by atoms with Crippen molar-refractivity contribution in [3.63, 3.8) is 0 Å². The molecule has 142 valence electrons. The van der Waals surface area contributed by atoms with E-state index in [0.717, 1.165) is 31.2 Å². The summed E-state index contributed by atoms with van der Waals surface area (Å²) in [5, 5.41) is 7.73. The van der Waals surface area contributed by atoms with Crippen LogP contribution in [0.3, 0.4) is 0 Å². The van der Waals surface area contributed by atoms with E-state index in [0.29, 0.717) is 42.0 Å². The van der Waals surface area contributed by atoms with Crippen molar-refractivity contribution in [3.05, 3.63) is 35.2 Å². The number of carbonyl (C=O) groups excluding carboxylic acids is 1. The zero-order chi connectivity index (χ0) is 17.6. The maximum Gasteiger partial charge on any atom is 0.226 e. The van der Waals surface area contributed by atoms with Crippen LogP contribution in [-0.4, -0.2) is 28.1 Å². The minimum Gasteiger partial charge on any atom is -0.353 e. The molecule has 0 bridgehead atoms. The molecule has 0 saturated heterocycles. The summed E-state index contributed by atoms with van der Waals surface area (Å²) in [4.78, 5) is 16.4. The third-order valence-corrected chi connectivity index (χ3v) is 4.75. The van der Waals surface area contributed by atoms with Crippen LogP contribution in [0.4, 0.5) is 0 Å². The zero-order valence-electron chi connectivity index (χ0n) is 14.5. The molecule has 0 unspecified atom stereocenters. The van der Waals surface area contributed by atoms with E-state index < -0.39 is 0 Å². The van der Waals surface area contributed by atoms with Crippen LogP contribution in [0.2, 0.25) is 5.02 Å². The van der Waals surface area contributed by atoms with Gasteiger partial charge in [0.05, 0.1) is 0 Å². The number of nitrogens with two attached hydrogens (primary N) is 1. The van der Waals surface area contributed by atoms with Gasteiger partial charge in [-0.15, -0.1) is 12.4 Å². The summed E-state index contributed by atoms with van der Waals surface area (Å²) in [6.45, 7) is 0. The molecule has 1 aromatic heterocycles. The number of benzene rings is 1. The molecule has 0 atom stereocenters. The molecule has 1 aliphatic carbocycles. The van der Waals surface area contributed by atoms with Crippen LogP contribution < -0.4 is 11.1 Å². The van der Waals surface area contributed by atoms with Crippen LogP contribution in [0.5, 0.6) is 0 Å². The van der Waals surface area contributed by atoms with Crippen molar-refractivity contribution in [2.24, 2.45) is 5.73 Å². The summed E-state index contributed by atoms with van der Waals surface area (Å²) in [6.07, 6.45) is 5.65. The Labute approximate surface area is 164 Å². The van der Waals surface area contributed by atoms with Gasteiger partial charge in [0.25, 0.3) is 0 Å². The van der Waals surface area contributed by atoms with Gasteiger partial charge in [-0.1, -0.05) is 16.8 Å². The summed E-state index contributed by atoms with van der Waals surface area (Å²) >= 11 is 5.87. The highest BCUT2D eigenvalue weighted by atomic mass is 35.5. The molecule has 1 fully saturated rings. The molecular formula is C18H24Cl2N4O2. The Morgan fingerprint density at radius 3 is 2.62 bits per heavy atom. The largest absolute Gasteiger partial charge is 0.353 e. The molecule has 26 heavy (non-hydrogen) atoms. The fourth-order valence-electron chi connectivity index (χ4n) is 3.04. The summed E-state index contributed by atoms with van der Waals surface area (Å²) in [5.41, 5.74) is 6.74. The number of rotatable bonds is 6. The second-order valence-corrected chi connectivity index (χ2v) is 6.99. The summed E-state index contributed by atoms with van der Waals surface area (Å²) < 4.78 is 5.25. The first-order chi connectivity index (χ1) is 12.1. The third-order valence-electron chi connectivity index (χ3n) is 4.50. The van der Waals surface area contributed by atoms with Crippen LogP contribution in [0.1, 0.15) is 44.4 Å². The first kappa shape index (κ1) is 20.7. The number of hydrogen-bond acceptors (Lipinski definition) is 5. The van der Waals surface area contributed by atoms with Gasteiger partial charge < -0.3 is 15.6 Å². The molecule has 1 amide bonds. The Balaban J connectivity index is 0.00000243. The Bertz CT molecular complexity index is 697. The number of nitrogens with one attached hydrogen (secondary N) is 1. The Morgan fingerprint density at radius 1 is 1.23 bits per heavy atom. The minimum atomic E-state index is 0. The molecule has 0 radical (unpaired) electrons. The summed E-state index contributed by atoms with van der Waals surface area (Å²) in [5.74, 6) is 1.16. The van der Waals surface area contributed by atoms with Gasteiger partial charge in [-0.05, 0) is 56.4 Å². The second-order valence-electron chi connectivity index (χ2n) is 6.55. The van der Waals surface area contributed by atoms with E-state index in [1.165, 1.54) is 0 Å². The lowest BCUT2D eigenvalue weighted by molar-refractivity contribution is -0.122.